The van der Waals surface area contributed by atoms with Crippen LogP contribution in [0.15, 0.2) is 71.3 Å². The molecule has 0 aliphatic heterocycles. The maximum atomic E-state index is 12.5. The predicted molar refractivity (Wildman–Crippen MR) is 100 cm³/mol. The number of hydrogen-bond acceptors (Lipinski definition) is 3. The van der Waals surface area contributed by atoms with Crippen LogP contribution in [0.3, 0.4) is 0 Å². The summed E-state index contributed by atoms with van der Waals surface area (Å²) in [6.45, 7) is 0.479. The number of anilines is 1. The molecule has 0 bridgehead atoms. The van der Waals surface area contributed by atoms with Crippen LogP contribution in [-0.2, 0) is 6.54 Å². The van der Waals surface area contributed by atoms with Gasteiger partial charge in [0.15, 0.2) is 5.76 Å². The summed E-state index contributed by atoms with van der Waals surface area (Å²) in [6.07, 6.45) is 1.44. The van der Waals surface area contributed by atoms with Gasteiger partial charge in [-0.15, -0.1) is 0 Å². The molecule has 0 fully saturated rings. The molecule has 0 spiro atoms. The van der Waals surface area contributed by atoms with Gasteiger partial charge in [-0.1, -0.05) is 23.7 Å². The Labute approximate surface area is 156 Å². The first-order valence-corrected chi connectivity index (χ1v) is 8.35. The Morgan fingerprint density at radius 1 is 1.04 bits per heavy atom. The minimum Gasteiger partial charge on any atom is -0.459 e. The Hall–Kier alpha value is -3.05. The highest BCUT2D eigenvalue weighted by Gasteiger charge is 2.13. The highest BCUT2D eigenvalue weighted by atomic mass is 35.5. The molecule has 3 aromatic rings. The van der Waals surface area contributed by atoms with Gasteiger partial charge in [0.1, 0.15) is 0 Å². The van der Waals surface area contributed by atoms with E-state index < -0.39 is 0 Å². The molecule has 3 rings (SSSR count). The van der Waals surface area contributed by atoms with Crippen molar-refractivity contribution >= 4 is 29.1 Å². The molecule has 0 saturated carbocycles. The highest BCUT2D eigenvalue weighted by molar-refractivity contribution is 6.30. The van der Waals surface area contributed by atoms with E-state index in [1.165, 1.54) is 6.26 Å². The van der Waals surface area contributed by atoms with Crippen LogP contribution >= 0.6 is 11.6 Å². The molecule has 0 radical (unpaired) electrons. The van der Waals surface area contributed by atoms with Crippen LogP contribution in [0.5, 0.6) is 0 Å². The summed E-state index contributed by atoms with van der Waals surface area (Å²) in [5.74, 6) is -0.217. The van der Waals surface area contributed by atoms with Crippen molar-refractivity contribution in [2.45, 2.75) is 6.54 Å². The number of halogens is 1. The molecule has 6 heteroatoms. The van der Waals surface area contributed by atoms with E-state index in [1.807, 2.05) is 12.1 Å². The summed E-state index contributed by atoms with van der Waals surface area (Å²) in [5.41, 5.74) is 2.12. The fraction of sp³-hybridized carbons (Fsp3) is 0.100. The number of carbonyl (C=O) groups excluding carboxylic acids is 2. The summed E-state index contributed by atoms with van der Waals surface area (Å²) in [5, 5.41) is 3.38. The normalized spacial score (nSPS) is 10.4. The molecule has 5 nitrogen and oxygen atoms in total. The molecule has 0 saturated heterocycles. The van der Waals surface area contributed by atoms with Crippen molar-refractivity contribution < 1.29 is 14.0 Å². The van der Waals surface area contributed by atoms with Gasteiger partial charge in [0.05, 0.1) is 6.26 Å². The van der Waals surface area contributed by atoms with Crippen LogP contribution in [-0.4, -0.2) is 23.8 Å². The lowest BCUT2D eigenvalue weighted by atomic mass is 10.1. The van der Waals surface area contributed by atoms with Crippen LogP contribution in [0.2, 0.25) is 5.02 Å². The quantitative estimate of drug-likeness (QED) is 0.723. The Morgan fingerprint density at radius 2 is 1.73 bits per heavy atom. The predicted octanol–water partition coefficient (Wildman–Crippen LogP) is 4.46. The van der Waals surface area contributed by atoms with Crippen molar-refractivity contribution in [3.8, 4) is 0 Å². The van der Waals surface area contributed by atoms with E-state index >= 15 is 0 Å². The van der Waals surface area contributed by atoms with Crippen molar-refractivity contribution in [1.29, 1.82) is 0 Å². The molecule has 1 aromatic heterocycles. The van der Waals surface area contributed by atoms with E-state index in [0.29, 0.717) is 22.8 Å². The third kappa shape index (κ3) is 4.32. The summed E-state index contributed by atoms with van der Waals surface area (Å²) < 4.78 is 5.04. The van der Waals surface area contributed by atoms with Crippen molar-refractivity contribution in [3.05, 3.63) is 88.8 Å². The largest absolute Gasteiger partial charge is 0.459 e. The van der Waals surface area contributed by atoms with Gasteiger partial charge in [0.25, 0.3) is 11.8 Å². The molecule has 1 heterocycles. The third-order valence-electron chi connectivity index (χ3n) is 3.81. The smallest absolute Gasteiger partial charge is 0.291 e. The Bertz CT molecular complexity index is 888. The summed E-state index contributed by atoms with van der Waals surface area (Å²) in [4.78, 5) is 26.1. The molecule has 0 aliphatic rings. The number of benzene rings is 2. The first-order chi connectivity index (χ1) is 12.5. The van der Waals surface area contributed by atoms with Crippen LogP contribution in [0.1, 0.15) is 26.5 Å². The molecule has 0 aliphatic carbocycles. The zero-order chi connectivity index (χ0) is 18.5. The zero-order valence-corrected chi connectivity index (χ0v) is 14.9. The van der Waals surface area contributed by atoms with Gasteiger partial charge in [-0.2, -0.15) is 0 Å². The first-order valence-electron chi connectivity index (χ1n) is 7.98. The second-order valence-corrected chi connectivity index (χ2v) is 6.23. The number of amides is 2. The van der Waals surface area contributed by atoms with E-state index in [9.17, 15) is 9.59 Å². The molecule has 0 atom stereocenters. The van der Waals surface area contributed by atoms with Crippen LogP contribution in [0.25, 0.3) is 0 Å². The molecule has 26 heavy (non-hydrogen) atoms. The molecule has 1 N–H and O–H groups in total. The van der Waals surface area contributed by atoms with E-state index in [0.717, 1.165) is 5.56 Å². The highest BCUT2D eigenvalue weighted by Crippen LogP contribution is 2.15. The van der Waals surface area contributed by atoms with Crippen LogP contribution in [0.4, 0.5) is 5.69 Å². The summed E-state index contributed by atoms with van der Waals surface area (Å²) in [7, 11) is 1.74. The molecular weight excluding hydrogens is 352 g/mol. The molecule has 0 unspecified atom stereocenters. The Morgan fingerprint density at radius 3 is 2.35 bits per heavy atom. The number of furan rings is 1. The topological polar surface area (TPSA) is 62.6 Å². The number of carbonyl (C=O) groups is 2. The number of nitrogens with zero attached hydrogens (tertiary/aromatic N) is 1. The van der Waals surface area contributed by atoms with Gasteiger partial charge < -0.3 is 14.6 Å². The van der Waals surface area contributed by atoms with E-state index in [-0.39, 0.29) is 17.6 Å². The number of rotatable bonds is 5. The Balaban J connectivity index is 1.62. The second-order valence-electron chi connectivity index (χ2n) is 5.80. The van der Waals surface area contributed by atoms with Gasteiger partial charge in [0, 0.05) is 29.9 Å². The minimum atomic E-state index is -0.339. The van der Waals surface area contributed by atoms with E-state index in [2.05, 4.69) is 5.32 Å². The van der Waals surface area contributed by atoms with Gasteiger partial charge in [-0.25, -0.2) is 0 Å². The van der Waals surface area contributed by atoms with E-state index in [1.54, 1.807) is 60.5 Å². The van der Waals surface area contributed by atoms with Gasteiger partial charge in [0.2, 0.25) is 0 Å². The average Bonchev–Trinajstić information content (AvgIpc) is 3.18. The van der Waals surface area contributed by atoms with Crippen LogP contribution in [0, 0.1) is 0 Å². The van der Waals surface area contributed by atoms with Crippen molar-refractivity contribution in [1.82, 2.24) is 4.90 Å². The monoisotopic (exact) mass is 368 g/mol. The lowest BCUT2D eigenvalue weighted by Gasteiger charge is -2.17. The molecule has 2 aromatic carbocycles. The summed E-state index contributed by atoms with van der Waals surface area (Å²) in [6, 6.07) is 17.3. The minimum absolute atomic E-state index is 0.108. The maximum Gasteiger partial charge on any atom is 0.291 e. The summed E-state index contributed by atoms with van der Waals surface area (Å²) >= 11 is 5.87. The first kappa shape index (κ1) is 17.8. The lowest BCUT2D eigenvalue weighted by Crippen LogP contribution is -2.26. The number of nitrogens with one attached hydrogen (secondary N) is 1. The van der Waals surface area contributed by atoms with E-state index in [4.69, 9.17) is 16.0 Å². The fourth-order valence-corrected chi connectivity index (χ4v) is 2.58. The SMILES string of the molecule is CN(Cc1ccc(Cl)cc1)C(=O)c1ccc(NC(=O)c2ccco2)cc1. The standard InChI is InChI=1S/C20H17ClN2O3/c1-23(13-14-4-8-16(21)9-5-14)20(25)15-6-10-17(11-7-15)22-19(24)18-3-2-12-26-18/h2-12H,13H2,1H3,(H,22,24). The van der Waals surface area contributed by atoms with Crippen LogP contribution < -0.4 is 5.32 Å². The second kappa shape index (κ2) is 7.89. The zero-order valence-electron chi connectivity index (χ0n) is 14.1. The lowest BCUT2D eigenvalue weighted by molar-refractivity contribution is 0.0785. The third-order valence-corrected chi connectivity index (χ3v) is 4.07. The molecule has 2 amide bonds. The van der Waals surface area contributed by atoms with Gasteiger partial charge in [-0.3, -0.25) is 9.59 Å². The molecular formula is C20H17ClN2O3. The van der Waals surface area contributed by atoms with Crippen molar-refractivity contribution in [2.24, 2.45) is 0 Å². The Kier molecular flexibility index (Phi) is 5.39. The van der Waals surface area contributed by atoms with Crippen molar-refractivity contribution in [3.63, 3.8) is 0 Å². The number of hydrogen-bond donors (Lipinski definition) is 1. The van der Waals surface area contributed by atoms with Crippen molar-refractivity contribution in [2.75, 3.05) is 12.4 Å². The van der Waals surface area contributed by atoms with Gasteiger partial charge >= 0.3 is 0 Å². The molecule has 132 valence electrons. The maximum absolute atomic E-state index is 12.5. The van der Waals surface area contributed by atoms with Gasteiger partial charge in [-0.05, 0) is 54.1 Å². The fourth-order valence-electron chi connectivity index (χ4n) is 2.45. The average molecular weight is 369 g/mol.